The van der Waals surface area contributed by atoms with Crippen molar-refractivity contribution in [3.63, 3.8) is 0 Å². The van der Waals surface area contributed by atoms with Gasteiger partial charge in [-0.15, -0.1) is 0 Å². The molecule has 2 aromatic rings. The molecular weight excluding hydrogens is 284 g/mol. The van der Waals surface area contributed by atoms with Gasteiger partial charge in [0.15, 0.2) is 11.9 Å². The third kappa shape index (κ3) is 1.89. The Labute approximate surface area is 115 Å². The predicted molar refractivity (Wildman–Crippen MR) is 70.0 cm³/mol. The van der Waals surface area contributed by atoms with E-state index in [4.69, 9.17) is 9.16 Å². The Morgan fingerprint density at radius 3 is 3.05 bits per heavy atom. The van der Waals surface area contributed by atoms with Crippen LogP contribution < -0.4 is 5.56 Å². The van der Waals surface area contributed by atoms with Crippen LogP contribution in [0.25, 0.3) is 11.0 Å². The van der Waals surface area contributed by atoms with E-state index < -0.39 is 24.5 Å². The summed E-state index contributed by atoms with van der Waals surface area (Å²) in [6, 6.07) is 0. The molecule has 1 aliphatic heterocycles. The summed E-state index contributed by atoms with van der Waals surface area (Å²) in [5.74, 6) is 0. The molecule has 0 bridgehead atoms. The highest BCUT2D eigenvalue weighted by Gasteiger charge is 2.45. The van der Waals surface area contributed by atoms with Crippen LogP contribution in [0.2, 0.25) is 0 Å². The van der Waals surface area contributed by atoms with E-state index in [0.29, 0.717) is 21.5 Å². The van der Waals surface area contributed by atoms with Crippen molar-refractivity contribution in [3.05, 3.63) is 22.9 Å². The van der Waals surface area contributed by atoms with Crippen molar-refractivity contribution >= 4 is 21.5 Å². The summed E-state index contributed by atoms with van der Waals surface area (Å²) in [6.45, 7) is -0.270. The van der Waals surface area contributed by atoms with Crippen LogP contribution in [0.4, 0.5) is 0 Å². The van der Waals surface area contributed by atoms with Gasteiger partial charge in [-0.05, 0) is 0 Å². The fourth-order valence-corrected chi connectivity index (χ4v) is 3.00. The number of rotatable bonds is 3. The molecule has 3 rings (SSSR count). The molecule has 0 aromatic carbocycles. The molecule has 1 fully saturated rings. The summed E-state index contributed by atoms with van der Waals surface area (Å²) in [7, 11) is 0.404. The Kier molecular flexibility index (Phi) is 3.39. The second-order valence-electron chi connectivity index (χ2n) is 4.50. The van der Waals surface area contributed by atoms with Gasteiger partial charge in [-0.25, -0.2) is 9.67 Å². The molecule has 1 saturated heterocycles. The highest BCUT2D eigenvalue weighted by atomic mass is 28.2. The number of hydrogen-bond donors (Lipinski definition) is 3. The van der Waals surface area contributed by atoms with Crippen molar-refractivity contribution in [2.45, 2.75) is 24.5 Å². The number of H-pyrrole nitrogens is 1. The van der Waals surface area contributed by atoms with Crippen LogP contribution in [0.1, 0.15) is 6.23 Å². The van der Waals surface area contributed by atoms with Crippen LogP contribution in [-0.4, -0.2) is 65.4 Å². The van der Waals surface area contributed by atoms with Gasteiger partial charge in [0, 0.05) is 0 Å². The second-order valence-corrected chi connectivity index (χ2v) is 4.97. The molecule has 3 heterocycles. The Hall–Kier alpha value is -1.59. The molecule has 0 amide bonds. The van der Waals surface area contributed by atoms with Crippen molar-refractivity contribution in [2.24, 2.45) is 0 Å². The fourth-order valence-electron chi connectivity index (χ4n) is 2.42. The fraction of sp³-hybridized carbons (Fsp3) is 0.500. The highest BCUT2D eigenvalue weighted by Crippen LogP contribution is 2.31. The molecule has 108 valence electrons. The Balaban J connectivity index is 2.04. The van der Waals surface area contributed by atoms with Gasteiger partial charge in [0.2, 0.25) is 0 Å². The molecular formula is C10H14N4O5Si. The number of aromatic nitrogens is 4. The zero-order valence-corrected chi connectivity index (χ0v) is 12.6. The summed E-state index contributed by atoms with van der Waals surface area (Å²) < 4.78 is 12.2. The molecule has 4 atom stereocenters. The maximum absolute atomic E-state index is 11.6. The molecule has 2 aromatic heterocycles. The molecule has 3 N–H and O–H groups in total. The number of fused-ring (bicyclic) bond motifs is 1. The van der Waals surface area contributed by atoms with Crippen LogP contribution >= 0.6 is 0 Å². The molecule has 20 heavy (non-hydrogen) atoms. The van der Waals surface area contributed by atoms with Crippen LogP contribution in [-0.2, 0) is 9.16 Å². The van der Waals surface area contributed by atoms with Crippen molar-refractivity contribution < 1.29 is 19.4 Å². The van der Waals surface area contributed by atoms with E-state index in [2.05, 4.69) is 15.1 Å². The van der Waals surface area contributed by atoms with Gasteiger partial charge in [0.1, 0.15) is 34.2 Å². The lowest BCUT2D eigenvalue weighted by atomic mass is 10.1. The Morgan fingerprint density at radius 1 is 1.60 bits per heavy atom. The first-order chi connectivity index (χ1) is 9.67. The summed E-state index contributed by atoms with van der Waals surface area (Å²) >= 11 is 0. The number of ether oxygens (including phenoxy) is 1. The third-order valence-electron chi connectivity index (χ3n) is 3.40. The molecule has 1 aliphatic rings. The smallest absolute Gasteiger partial charge is 0.261 e. The quantitative estimate of drug-likeness (QED) is 0.517. The average molecular weight is 298 g/mol. The largest absolute Gasteiger partial charge is 0.419 e. The van der Waals surface area contributed by atoms with E-state index in [0.717, 1.165) is 0 Å². The summed E-state index contributed by atoms with van der Waals surface area (Å²) in [4.78, 5) is 18.1. The molecule has 0 spiro atoms. The average Bonchev–Trinajstić information content (AvgIpc) is 3.00. The lowest BCUT2D eigenvalue weighted by Crippen LogP contribution is -2.35. The first-order valence-electron chi connectivity index (χ1n) is 6.05. The van der Waals surface area contributed by atoms with Gasteiger partial charge in [-0.3, -0.25) is 4.79 Å². The Bertz CT molecular complexity index is 673. The zero-order chi connectivity index (χ0) is 14.3. The maximum Gasteiger partial charge on any atom is 0.261 e. The van der Waals surface area contributed by atoms with Gasteiger partial charge in [-0.2, -0.15) is 5.10 Å². The number of nitrogens with one attached hydrogen (secondary N) is 1. The van der Waals surface area contributed by atoms with E-state index in [-0.39, 0.29) is 12.2 Å². The number of aromatic amines is 1. The lowest BCUT2D eigenvalue weighted by Gasteiger charge is -2.17. The normalized spacial score (nSPS) is 30.3. The summed E-state index contributed by atoms with van der Waals surface area (Å²) in [5.41, 5.74) is -0.00775. The van der Waals surface area contributed by atoms with Crippen LogP contribution in [0.15, 0.2) is 17.3 Å². The number of hydrogen-bond acceptors (Lipinski definition) is 7. The zero-order valence-electron chi connectivity index (χ0n) is 10.6. The summed E-state index contributed by atoms with van der Waals surface area (Å²) in [5, 5.41) is 23.8. The lowest BCUT2D eigenvalue weighted by molar-refractivity contribution is -0.0560. The minimum Gasteiger partial charge on any atom is -0.419 e. The van der Waals surface area contributed by atoms with Crippen molar-refractivity contribution in [2.75, 3.05) is 6.61 Å². The molecule has 10 heteroatoms. The van der Waals surface area contributed by atoms with Gasteiger partial charge in [0.05, 0.1) is 19.1 Å². The van der Waals surface area contributed by atoms with Gasteiger partial charge in [0.25, 0.3) is 5.56 Å². The van der Waals surface area contributed by atoms with E-state index in [1.807, 2.05) is 0 Å². The van der Waals surface area contributed by atoms with Crippen LogP contribution in [0, 0.1) is 0 Å². The van der Waals surface area contributed by atoms with E-state index in [1.54, 1.807) is 0 Å². The van der Waals surface area contributed by atoms with Gasteiger partial charge < -0.3 is 24.4 Å². The number of aliphatic hydroxyl groups is 2. The minimum absolute atomic E-state index is 0.270. The van der Waals surface area contributed by atoms with E-state index >= 15 is 0 Å². The van der Waals surface area contributed by atoms with Gasteiger partial charge >= 0.3 is 0 Å². The predicted octanol–water partition coefficient (Wildman–Crippen LogP) is -2.96. The maximum atomic E-state index is 11.6. The van der Waals surface area contributed by atoms with Crippen molar-refractivity contribution in [3.8, 4) is 0 Å². The van der Waals surface area contributed by atoms with E-state index in [1.165, 1.54) is 17.2 Å². The third-order valence-corrected chi connectivity index (χ3v) is 3.94. The monoisotopic (exact) mass is 298 g/mol. The SMILES string of the molecule is O=c1[nH]cnc2c1cnn2[C@@H]1O[C@H](CO)[C@@H](O[SiH3])[C@H]1O. The highest BCUT2D eigenvalue weighted by molar-refractivity contribution is 5.98. The van der Waals surface area contributed by atoms with Gasteiger partial charge in [-0.1, -0.05) is 0 Å². The molecule has 0 saturated carbocycles. The minimum atomic E-state index is -0.992. The first kappa shape index (κ1) is 13.4. The number of nitrogens with zero attached hydrogens (tertiary/aromatic N) is 3. The van der Waals surface area contributed by atoms with Crippen molar-refractivity contribution in [1.82, 2.24) is 19.7 Å². The molecule has 9 nitrogen and oxygen atoms in total. The first-order valence-corrected chi connectivity index (χ1v) is 6.87. The van der Waals surface area contributed by atoms with E-state index in [9.17, 15) is 15.0 Å². The Morgan fingerprint density at radius 2 is 2.40 bits per heavy atom. The van der Waals surface area contributed by atoms with Crippen LogP contribution in [0.5, 0.6) is 0 Å². The second kappa shape index (κ2) is 5.07. The van der Waals surface area contributed by atoms with Crippen LogP contribution in [0.3, 0.4) is 0 Å². The number of aliphatic hydroxyl groups excluding tert-OH is 2. The standard InChI is InChI=1S/C10H14N4O5Si/c15-2-5-7(19-20)6(16)10(18-5)14-8-4(1-13-14)9(17)12-3-11-8/h1,3,5-7,10,15-16H,2H2,20H3,(H,11,12,17)/t5-,6-,7-,10-/m1/s1. The molecule has 0 aliphatic carbocycles. The van der Waals surface area contributed by atoms with Crippen molar-refractivity contribution in [1.29, 1.82) is 0 Å². The summed E-state index contributed by atoms with van der Waals surface area (Å²) in [6.07, 6.45) is -0.465. The molecule has 0 radical (unpaired) electrons. The topological polar surface area (TPSA) is 122 Å². The molecule has 0 unspecified atom stereocenters.